The van der Waals surface area contributed by atoms with Gasteiger partial charge in [-0.3, -0.25) is 9.69 Å². The Labute approximate surface area is 186 Å². The highest BCUT2D eigenvalue weighted by Crippen LogP contribution is 2.14. The fourth-order valence-electron chi connectivity index (χ4n) is 3.48. The molecule has 1 aliphatic rings. The maximum Gasteiger partial charge on any atom is 0.244 e. The van der Waals surface area contributed by atoms with Gasteiger partial charge in [0.2, 0.25) is 5.91 Å². The fourth-order valence-corrected chi connectivity index (χ4v) is 3.48. The van der Waals surface area contributed by atoms with Gasteiger partial charge < -0.3 is 15.5 Å². The summed E-state index contributed by atoms with van der Waals surface area (Å²) < 4.78 is 0. The fraction of sp³-hybridized carbons (Fsp3) is 0.409. The summed E-state index contributed by atoms with van der Waals surface area (Å²) in [6.45, 7) is 6.33. The van der Waals surface area contributed by atoms with Gasteiger partial charge in [-0.15, -0.1) is 24.8 Å². The zero-order valence-electron chi connectivity index (χ0n) is 16.9. The quantitative estimate of drug-likeness (QED) is 0.721. The lowest BCUT2D eigenvalue weighted by atomic mass is 10.1. The molecule has 1 aliphatic heterocycles. The third-order valence-corrected chi connectivity index (χ3v) is 5.20. The van der Waals surface area contributed by atoms with Crippen LogP contribution in [-0.4, -0.2) is 66.9 Å². The monoisotopic (exact) mass is 438 g/mol. The van der Waals surface area contributed by atoms with E-state index in [-0.39, 0.29) is 30.7 Å². The van der Waals surface area contributed by atoms with Gasteiger partial charge in [0.15, 0.2) is 0 Å². The highest BCUT2D eigenvalue weighted by Gasteiger charge is 2.26. The maximum absolute atomic E-state index is 12.6. The summed E-state index contributed by atoms with van der Waals surface area (Å²) in [5.41, 5.74) is 8.38. The van der Waals surface area contributed by atoms with Crippen molar-refractivity contribution in [2.75, 3.05) is 46.3 Å². The Kier molecular flexibility index (Phi) is 11.2. The lowest BCUT2D eigenvalue weighted by molar-refractivity contribution is -0.134. The van der Waals surface area contributed by atoms with Crippen LogP contribution in [0.15, 0.2) is 60.7 Å². The third-order valence-electron chi connectivity index (χ3n) is 5.20. The highest BCUT2D eigenvalue weighted by molar-refractivity contribution is 5.85. The van der Waals surface area contributed by atoms with Crippen LogP contribution in [0.2, 0.25) is 0 Å². The van der Waals surface area contributed by atoms with E-state index in [0.29, 0.717) is 0 Å². The van der Waals surface area contributed by atoms with Gasteiger partial charge >= 0.3 is 0 Å². The van der Waals surface area contributed by atoms with Gasteiger partial charge in [-0.05, 0) is 18.2 Å². The van der Waals surface area contributed by atoms with E-state index in [4.69, 9.17) is 5.73 Å². The molecule has 1 atom stereocenters. The summed E-state index contributed by atoms with van der Waals surface area (Å²) in [5, 5.41) is 0. The number of amides is 1. The van der Waals surface area contributed by atoms with Crippen molar-refractivity contribution >= 4 is 30.7 Å². The Hall–Kier alpha value is -1.63. The van der Waals surface area contributed by atoms with Crippen LogP contribution in [0.3, 0.4) is 0 Å². The number of likely N-dealkylation sites (N-methyl/N-ethyl adjacent to an activating group) is 1. The molecule has 2 aromatic rings. The van der Waals surface area contributed by atoms with E-state index in [9.17, 15) is 4.79 Å². The van der Waals surface area contributed by atoms with Gasteiger partial charge in [0, 0.05) is 45.8 Å². The summed E-state index contributed by atoms with van der Waals surface area (Å²) in [7, 11) is 2.16. The Morgan fingerprint density at radius 1 is 0.966 bits per heavy atom. The number of nitrogens with two attached hydrogens (primary N) is 1. The van der Waals surface area contributed by atoms with Crippen molar-refractivity contribution in [3.8, 4) is 0 Å². The first-order valence-corrected chi connectivity index (χ1v) is 9.67. The van der Waals surface area contributed by atoms with Gasteiger partial charge in [0.1, 0.15) is 6.04 Å². The van der Waals surface area contributed by atoms with Crippen molar-refractivity contribution in [1.29, 1.82) is 0 Å². The molecule has 29 heavy (non-hydrogen) atoms. The molecule has 2 N–H and O–H groups in total. The molecule has 0 aliphatic carbocycles. The van der Waals surface area contributed by atoms with Crippen molar-refractivity contribution in [3.05, 3.63) is 71.8 Å². The summed E-state index contributed by atoms with van der Waals surface area (Å²) >= 11 is 0. The molecule has 0 aromatic heterocycles. The van der Waals surface area contributed by atoms with E-state index in [1.807, 2.05) is 41.3 Å². The molecule has 1 fully saturated rings. The molecule has 1 saturated heterocycles. The van der Waals surface area contributed by atoms with Crippen LogP contribution in [0.25, 0.3) is 0 Å². The number of carbonyl (C=O) groups is 1. The summed E-state index contributed by atoms with van der Waals surface area (Å²) in [5.74, 6) is 0.0297. The predicted octanol–water partition coefficient (Wildman–Crippen LogP) is 2.81. The second-order valence-electron chi connectivity index (χ2n) is 7.28. The average Bonchev–Trinajstić information content (AvgIpc) is 2.73. The van der Waals surface area contributed by atoms with E-state index in [2.05, 4.69) is 41.1 Å². The van der Waals surface area contributed by atoms with Crippen LogP contribution >= 0.6 is 24.8 Å². The minimum absolute atomic E-state index is 0. The van der Waals surface area contributed by atoms with E-state index in [1.165, 1.54) is 5.56 Å². The van der Waals surface area contributed by atoms with Gasteiger partial charge in [0.05, 0.1) is 0 Å². The molecule has 2 aromatic carbocycles. The minimum Gasteiger partial charge on any atom is -0.338 e. The molecule has 5 nitrogen and oxygen atoms in total. The van der Waals surface area contributed by atoms with Crippen molar-refractivity contribution in [2.45, 2.75) is 12.6 Å². The number of carbonyl (C=O) groups excluding carboxylic acids is 1. The molecule has 0 saturated carbocycles. The first-order chi connectivity index (χ1) is 13.1. The Morgan fingerprint density at radius 3 is 2.10 bits per heavy atom. The van der Waals surface area contributed by atoms with Gasteiger partial charge in [0.25, 0.3) is 0 Å². The molecule has 3 rings (SSSR count). The van der Waals surface area contributed by atoms with Crippen molar-refractivity contribution < 1.29 is 4.79 Å². The van der Waals surface area contributed by atoms with E-state index in [0.717, 1.165) is 51.4 Å². The molecule has 0 spiro atoms. The molecule has 0 bridgehead atoms. The standard InChI is InChI=1S/C22H30N4O.2ClH/c1-24(18-19-8-4-2-5-9-19)12-13-25-14-16-26(17-15-25)22(27)21(23)20-10-6-3-7-11-20;;/h2-11,21H,12-18,23H2,1H3;2*1H. The molecule has 1 amide bonds. The van der Waals surface area contributed by atoms with Gasteiger partial charge in [-0.25, -0.2) is 0 Å². The van der Waals surface area contributed by atoms with Crippen molar-refractivity contribution in [1.82, 2.24) is 14.7 Å². The molecule has 0 radical (unpaired) electrons. The summed E-state index contributed by atoms with van der Waals surface area (Å²) in [6.07, 6.45) is 0. The molecule has 1 unspecified atom stereocenters. The van der Waals surface area contributed by atoms with Crippen LogP contribution in [-0.2, 0) is 11.3 Å². The van der Waals surface area contributed by atoms with Crippen LogP contribution in [0.5, 0.6) is 0 Å². The van der Waals surface area contributed by atoms with Gasteiger partial charge in [-0.1, -0.05) is 60.7 Å². The summed E-state index contributed by atoms with van der Waals surface area (Å²) in [4.78, 5) is 19.3. The van der Waals surface area contributed by atoms with Crippen LogP contribution < -0.4 is 5.73 Å². The number of halogens is 2. The lowest BCUT2D eigenvalue weighted by Gasteiger charge is -2.36. The smallest absolute Gasteiger partial charge is 0.244 e. The Balaban J connectivity index is 0.00000210. The highest BCUT2D eigenvalue weighted by atomic mass is 35.5. The number of piperazine rings is 1. The second-order valence-corrected chi connectivity index (χ2v) is 7.28. The molecule has 1 heterocycles. The molecular weight excluding hydrogens is 407 g/mol. The number of hydrogen-bond donors (Lipinski definition) is 1. The Morgan fingerprint density at radius 2 is 1.52 bits per heavy atom. The van der Waals surface area contributed by atoms with E-state index >= 15 is 0 Å². The van der Waals surface area contributed by atoms with Crippen LogP contribution in [0.1, 0.15) is 17.2 Å². The number of benzene rings is 2. The number of nitrogens with zero attached hydrogens (tertiary/aromatic N) is 3. The van der Waals surface area contributed by atoms with E-state index in [1.54, 1.807) is 0 Å². The van der Waals surface area contributed by atoms with Crippen molar-refractivity contribution in [2.24, 2.45) is 5.73 Å². The first kappa shape index (κ1) is 25.4. The first-order valence-electron chi connectivity index (χ1n) is 9.67. The predicted molar refractivity (Wildman–Crippen MR) is 124 cm³/mol. The zero-order chi connectivity index (χ0) is 19.1. The number of rotatable bonds is 7. The number of hydrogen-bond acceptors (Lipinski definition) is 4. The molecule has 7 heteroatoms. The third kappa shape index (κ3) is 7.61. The summed E-state index contributed by atoms with van der Waals surface area (Å²) in [6, 6.07) is 19.6. The van der Waals surface area contributed by atoms with Gasteiger partial charge in [-0.2, -0.15) is 0 Å². The van der Waals surface area contributed by atoms with Crippen LogP contribution in [0.4, 0.5) is 0 Å². The van der Waals surface area contributed by atoms with Crippen LogP contribution in [0, 0.1) is 0 Å². The lowest BCUT2D eigenvalue weighted by Crippen LogP contribution is -2.52. The molecular formula is C22H32Cl2N4O. The largest absolute Gasteiger partial charge is 0.338 e. The Bertz CT molecular complexity index is 709. The minimum atomic E-state index is -0.560. The SMILES string of the molecule is CN(CCN1CCN(C(=O)C(N)c2ccccc2)CC1)Cc1ccccc1.Cl.Cl. The van der Waals surface area contributed by atoms with E-state index < -0.39 is 6.04 Å². The zero-order valence-corrected chi connectivity index (χ0v) is 18.6. The average molecular weight is 439 g/mol. The second kappa shape index (κ2) is 12.8. The van der Waals surface area contributed by atoms with Crippen molar-refractivity contribution in [3.63, 3.8) is 0 Å². The topological polar surface area (TPSA) is 52.8 Å². The normalized spacial score (nSPS) is 15.3. The maximum atomic E-state index is 12.6. The molecule has 160 valence electrons.